The van der Waals surface area contributed by atoms with Gasteiger partial charge in [-0.1, -0.05) is 13.8 Å². The van der Waals surface area contributed by atoms with Crippen molar-refractivity contribution in [2.75, 3.05) is 20.2 Å². The van der Waals surface area contributed by atoms with E-state index in [1.165, 1.54) is 23.2 Å². The minimum atomic E-state index is -4.41. The Morgan fingerprint density at radius 3 is 2.50 bits per heavy atom. The number of hydrogen-bond acceptors (Lipinski definition) is 3. The topological polar surface area (TPSA) is 42.4 Å². The summed E-state index contributed by atoms with van der Waals surface area (Å²) in [5.74, 6) is -0.0646. The van der Waals surface area contributed by atoms with Crippen LogP contribution in [0.4, 0.5) is 13.2 Å². The molecule has 0 aliphatic rings. The average molecular weight is 290 g/mol. The molecule has 0 spiro atoms. The van der Waals surface area contributed by atoms with Crippen molar-refractivity contribution in [3.05, 3.63) is 23.9 Å². The molecule has 1 amide bonds. The summed E-state index contributed by atoms with van der Waals surface area (Å²) in [5, 5.41) is 0. The first-order valence-corrected chi connectivity index (χ1v) is 6.10. The fourth-order valence-electron chi connectivity index (χ4n) is 1.60. The van der Waals surface area contributed by atoms with Crippen LogP contribution in [0.5, 0.6) is 5.88 Å². The summed E-state index contributed by atoms with van der Waals surface area (Å²) in [6.45, 7) is 3.15. The van der Waals surface area contributed by atoms with Crippen molar-refractivity contribution in [1.29, 1.82) is 0 Å². The minimum Gasteiger partial charge on any atom is -0.468 e. The molecule has 112 valence electrons. The zero-order chi connectivity index (χ0) is 15.3. The Labute approximate surface area is 115 Å². The lowest BCUT2D eigenvalue weighted by molar-refractivity contribution is -0.154. The van der Waals surface area contributed by atoms with Crippen molar-refractivity contribution in [3.8, 4) is 5.88 Å². The monoisotopic (exact) mass is 290 g/mol. The van der Waals surface area contributed by atoms with E-state index in [9.17, 15) is 18.0 Å². The van der Waals surface area contributed by atoms with Gasteiger partial charge in [0.1, 0.15) is 0 Å². The number of halogens is 3. The molecule has 0 aliphatic heterocycles. The molecule has 1 aromatic rings. The lowest BCUT2D eigenvalue weighted by Crippen LogP contribution is -2.30. The predicted molar refractivity (Wildman–Crippen MR) is 67.6 cm³/mol. The summed E-state index contributed by atoms with van der Waals surface area (Å²) >= 11 is 0. The van der Waals surface area contributed by atoms with Gasteiger partial charge in [-0.05, 0) is 12.0 Å². The molecule has 0 unspecified atom stereocenters. The largest absolute Gasteiger partial charge is 0.468 e. The number of carbonyl (C=O) groups is 1. The Kier molecular flexibility index (Phi) is 5.35. The van der Waals surface area contributed by atoms with Gasteiger partial charge in [0, 0.05) is 25.9 Å². The molecule has 20 heavy (non-hydrogen) atoms. The van der Waals surface area contributed by atoms with Crippen LogP contribution >= 0.6 is 0 Å². The third-order valence-corrected chi connectivity index (χ3v) is 2.35. The highest BCUT2D eigenvalue weighted by molar-refractivity contribution is 5.93. The van der Waals surface area contributed by atoms with Crippen LogP contribution in [0.2, 0.25) is 0 Å². The number of rotatable bonds is 5. The number of amides is 1. The average Bonchev–Trinajstić information content (AvgIpc) is 2.34. The molecule has 0 fully saturated rings. The lowest BCUT2D eigenvalue weighted by Gasteiger charge is -2.19. The Balaban J connectivity index is 2.64. The summed E-state index contributed by atoms with van der Waals surface area (Å²) in [6, 6.07) is 2.65. The van der Waals surface area contributed by atoms with E-state index >= 15 is 0 Å². The number of alkyl halides is 3. The summed E-state index contributed by atoms with van der Waals surface area (Å²) < 4.78 is 40.4. The van der Waals surface area contributed by atoms with Gasteiger partial charge in [0.15, 0.2) is 6.61 Å². The summed E-state index contributed by atoms with van der Waals surface area (Å²) in [5.41, 5.74) is 0.313. The highest BCUT2D eigenvalue weighted by Gasteiger charge is 2.28. The van der Waals surface area contributed by atoms with Crippen molar-refractivity contribution >= 4 is 5.91 Å². The normalized spacial score (nSPS) is 11.6. The molecule has 0 saturated heterocycles. The molecule has 4 nitrogen and oxygen atoms in total. The van der Waals surface area contributed by atoms with Gasteiger partial charge in [-0.3, -0.25) is 4.79 Å². The van der Waals surface area contributed by atoms with Crippen molar-refractivity contribution in [3.63, 3.8) is 0 Å². The van der Waals surface area contributed by atoms with E-state index in [4.69, 9.17) is 0 Å². The van der Waals surface area contributed by atoms with Gasteiger partial charge in [0.25, 0.3) is 5.91 Å². The Hall–Kier alpha value is -1.79. The van der Waals surface area contributed by atoms with Crippen molar-refractivity contribution in [2.45, 2.75) is 20.0 Å². The van der Waals surface area contributed by atoms with Gasteiger partial charge in [-0.15, -0.1) is 0 Å². The first kappa shape index (κ1) is 16.3. The second-order valence-corrected chi connectivity index (χ2v) is 4.87. The summed E-state index contributed by atoms with van der Waals surface area (Å²) in [4.78, 5) is 17.2. The number of nitrogens with zero attached hydrogens (tertiary/aromatic N) is 2. The maximum atomic E-state index is 12.0. The highest BCUT2D eigenvalue weighted by atomic mass is 19.4. The molecule has 0 radical (unpaired) electrons. The molecule has 0 N–H and O–H groups in total. The number of carbonyl (C=O) groups excluding carboxylic acids is 1. The van der Waals surface area contributed by atoms with E-state index in [2.05, 4.69) is 9.72 Å². The Bertz CT molecular complexity index is 444. The molecule has 7 heteroatoms. The van der Waals surface area contributed by atoms with E-state index in [-0.39, 0.29) is 11.8 Å². The summed E-state index contributed by atoms with van der Waals surface area (Å²) in [7, 11) is 1.66. The van der Waals surface area contributed by atoms with Crippen LogP contribution in [0, 0.1) is 5.92 Å². The van der Waals surface area contributed by atoms with Gasteiger partial charge in [0.05, 0.1) is 5.56 Å². The molecule has 1 heterocycles. The van der Waals surface area contributed by atoms with E-state index in [0.717, 1.165) is 0 Å². The van der Waals surface area contributed by atoms with Crippen LogP contribution < -0.4 is 4.74 Å². The van der Waals surface area contributed by atoms with Gasteiger partial charge < -0.3 is 9.64 Å². The molecule has 0 aromatic carbocycles. The SMILES string of the molecule is CC(C)CN(C)C(=O)c1ccc(OCC(F)(F)F)nc1. The van der Waals surface area contributed by atoms with Crippen molar-refractivity contribution in [2.24, 2.45) is 5.92 Å². The van der Waals surface area contributed by atoms with Crippen molar-refractivity contribution in [1.82, 2.24) is 9.88 Å². The second-order valence-electron chi connectivity index (χ2n) is 4.87. The maximum Gasteiger partial charge on any atom is 0.422 e. The fourth-order valence-corrected chi connectivity index (χ4v) is 1.60. The molecule has 1 aromatic heterocycles. The second kappa shape index (κ2) is 6.58. The standard InChI is InChI=1S/C13H17F3N2O2/c1-9(2)7-18(3)12(19)10-4-5-11(17-6-10)20-8-13(14,15)16/h4-6,9H,7-8H2,1-3H3. The van der Waals surface area contributed by atoms with Crippen LogP contribution in [-0.4, -0.2) is 42.2 Å². The van der Waals surface area contributed by atoms with Gasteiger partial charge in [-0.25, -0.2) is 4.98 Å². The maximum absolute atomic E-state index is 12.0. The summed E-state index contributed by atoms with van der Waals surface area (Å²) in [6.07, 6.45) is -3.20. The quantitative estimate of drug-likeness (QED) is 0.837. The van der Waals surface area contributed by atoms with E-state index in [1.807, 2.05) is 13.8 Å². The third kappa shape index (κ3) is 5.46. The predicted octanol–water partition coefficient (Wildman–Crippen LogP) is 2.75. The number of hydrogen-bond donors (Lipinski definition) is 0. The van der Waals surface area contributed by atoms with Crippen LogP contribution in [0.15, 0.2) is 18.3 Å². The molecule has 0 bridgehead atoms. The van der Waals surface area contributed by atoms with E-state index in [0.29, 0.717) is 18.0 Å². The van der Waals surface area contributed by atoms with Crippen molar-refractivity contribution < 1.29 is 22.7 Å². The lowest BCUT2D eigenvalue weighted by atomic mass is 10.2. The minimum absolute atomic E-state index is 0.162. The zero-order valence-corrected chi connectivity index (χ0v) is 11.6. The van der Waals surface area contributed by atoms with Gasteiger partial charge in [-0.2, -0.15) is 13.2 Å². The van der Waals surface area contributed by atoms with Crippen LogP contribution in [-0.2, 0) is 0 Å². The van der Waals surface area contributed by atoms with Crippen LogP contribution in [0.25, 0.3) is 0 Å². The highest BCUT2D eigenvalue weighted by Crippen LogP contribution is 2.17. The molecule has 0 aliphatic carbocycles. The van der Waals surface area contributed by atoms with Crippen LogP contribution in [0.3, 0.4) is 0 Å². The first-order valence-electron chi connectivity index (χ1n) is 6.10. The molecular formula is C13H17F3N2O2. The number of aromatic nitrogens is 1. The first-order chi connectivity index (χ1) is 9.19. The Morgan fingerprint density at radius 1 is 1.40 bits per heavy atom. The number of ether oxygens (including phenoxy) is 1. The smallest absolute Gasteiger partial charge is 0.422 e. The number of pyridine rings is 1. The van der Waals surface area contributed by atoms with Gasteiger partial charge >= 0.3 is 6.18 Å². The van der Waals surface area contributed by atoms with Crippen LogP contribution in [0.1, 0.15) is 24.2 Å². The third-order valence-electron chi connectivity index (χ3n) is 2.35. The fraction of sp³-hybridized carbons (Fsp3) is 0.538. The molecule has 1 rings (SSSR count). The van der Waals surface area contributed by atoms with E-state index in [1.54, 1.807) is 7.05 Å². The Morgan fingerprint density at radius 2 is 2.05 bits per heavy atom. The molecule has 0 saturated carbocycles. The molecule has 0 atom stereocenters. The zero-order valence-electron chi connectivity index (χ0n) is 11.6. The van der Waals surface area contributed by atoms with Gasteiger partial charge in [0.2, 0.25) is 5.88 Å². The van der Waals surface area contributed by atoms with E-state index < -0.39 is 12.8 Å². The molecular weight excluding hydrogens is 273 g/mol.